The van der Waals surface area contributed by atoms with Gasteiger partial charge in [-0.3, -0.25) is 19.5 Å². The second-order valence-corrected chi connectivity index (χ2v) is 10.8. The van der Waals surface area contributed by atoms with Crippen LogP contribution in [0.4, 0.5) is 18.9 Å². The van der Waals surface area contributed by atoms with Gasteiger partial charge in [0.1, 0.15) is 11.9 Å². The molecule has 2 heterocycles. The van der Waals surface area contributed by atoms with Crippen molar-refractivity contribution in [2.75, 3.05) is 32.1 Å². The molecule has 0 aliphatic carbocycles. The summed E-state index contributed by atoms with van der Waals surface area (Å²) in [5, 5.41) is 12.7. The minimum absolute atomic E-state index is 0.0134. The number of ether oxygens (including phenoxy) is 1. The van der Waals surface area contributed by atoms with Crippen molar-refractivity contribution in [3.63, 3.8) is 0 Å². The molecule has 0 spiro atoms. The maximum atomic E-state index is 13.4. The van der Waals surface area contributed by atoms with Gasteiger partial charge >= 0.3 is 6.18 Å². The highest BCUT2D eigenvalue weighted by Crippen LogP contribution is 2.31. The number of nitrogens with zero attached hydrogens (tertiary/aromatic N) is 3. The number of halogens is 3. The molecule has 0 saturated carbocycles. The second kappa shape index (κ2) is 13.3. The number of rotatable bonds is 8. The number of hydrogen-bond acceptors (Lipinski definition) is 6. The van der Waals surface area contributed by atoms with Crippen LogP contribution in [0.2, 0.25) is 0 Å². The van der Waals surface area contributed by atoms with E-state index in [1.54, 1.807) is 42.2 Å². The first-order valence-electron chi connectivity index (χ1n) is 13.7. The van der Waals surface area contributed by atoms with Crippen molar-refractivity contribution in [3.8, 4) is 5.75 Å². The SMILES string of the molecule is C[C@@H]1CN([C@@H](C)CO)C(=O)Cc2cc(NC(=O)c3ccncc3)ccc2O[C@H]1CN(C)Cc1ccc(C(F)(F)F)cc1. The molecular weight excluding hydrogens is 549 g/mol. The number of likely N-dealkylation sites (N-methyl/N-ethyl adjacent to an activating group) is 1. The Bertz CT molecular complexity index is 1370. The Balaban J connectivity index is 1.57. The van der Waals surface area contributed by atoms with Crippen molar-refractivity contribution in [3.05, 3.63) is 89.2 Å². The zero-order valence-corrected chi connectivity index (χ0v) is 23.8. The van der Waals surface area contributed by atoms with Crippen molar-refractivity contribution in [1.82, 2.24) is 14.8 Å². The van der Waals surface area contributed by atoms with Crippen molar-refractivity contribution >= 4 is 17.5 Å². The van der Waals surface area contributed by atoms with Gasteiger partial charge in [0.25, 0.3) is 5.91 Å². The van der Waals surface area contributed by atoms with Gasteiger partial charge in [-0.1, -0.05) is 19.1 Å². The quantitative estimate of drug-likeness (QED) is 0.401. The van der Waals surface area contributed by atoms with Crippen LogP contribution in [0, 0.1) is 5.92 Å². The van der Waals surface area contributed by atoms with Crippen LogP contribution < -0.4 is 10.1 Å². The van der Waals surface area contributed by atoms with Crippen molar-refractivity contribution in [1.29, 1.82) is 0 Å². The second-order valence-electron chi connectivity index (χ2n) is 10.8. The smallest absolute Gasteiger partial charge is 0.416 e. The van der Waals surface area contributed by atoms with E-state index in [4.69, 9.17) is 4.74 Å². The lowest BCUT2D eigenvalue weighted by Gasteiger charge is -2.34. The molecule has 2 amide bonds. The first kappa shape index (κ1) is 31.0. The molecule has 42 heavy (non-hydrogen) atoms. The zero-order valence-electron chi connectivity index (χ0n) is 23.8. The molecule has 11 heteroatoms. The number of carbonyl (C=O) groups excluding carboxylic acids is 2. The van der Waals surface area contributed by atoms with Crippen LogP contribution in [0.5, 0.6) is 5.75 Å². The number of pyridine rings is 1. The van der Waals surface area contributed by atoms with Gasteiger partial charge in [-0.05, 0) is 62.0 Å². The van der Waals surface area contributed by atoms with Crippen LogP contribution >= 0.6 is 0 Å². The fraction of sp³-hybridized carbons (Fsp3) is 0.387. The summed E-state index contributed by atoms with van der Waals surface area (Å²) in [5.41, 5.74) is 1.55. The molecule has 0 radical (unpaired) electrons. The van der Waals surface area contributed by atoms with E-state index >= 15 is 0 Å². The Hall–Kier alpha value is -3.96. The van der Waals surface area contributed by atoms with E-state index in [0.717, 1.165) is 17.7 Å². The summed E-state index contributed by atoms with van der Waals surface area (Å²) in [6.45, 7) is 4.72. The molecule has 3 atom stereocenters. The first-order valence-corrected chi connectivity index (χ1v) is 13.7. The van der Waals surface area contributed by atoms with Crippen LogP contribution in [-0.4, -0.2) is 70.6 Å². The maximum absolute atomic E-state index is 13.4. The van der Waals surface area contributed by atoms with Crippen molar-refractivity contribution in [2.45, 2.75) is 45.1 Å². The van der Waals surface area contributed by atoms with Gasteiger partial charge in [-0.25, -0.2) is 0 Å². The first-order chi connectivity index (χ1) is 19.9. The summed E-state index contributed by atoms with van der Waals surface area (Å²) in [5.74, 6) is -0.136. The largest absolute Gasteiger partial charge is 0.488 e. The fourth-order valence-electron chi connectivity index (χ4n) is 4.91. The Morgan fingerprint density at radius 3 is 2.50 bits per heavy atom. The topological polar surface area (TPSA) is 95.0 Å². The lowest BCUT2D eigenvalue weighted by atomic mass is 10.0. The van der Waals surface area contributed by atoms with E-state index in [1.165, 1.54) is 24.5 Å². The van der Waals surface area contributed by atoms with Crippen LogP contribution in [-0.2, 0) is 23.9 Å². The molecule has 224 valence electrons. The number of aromatic nitrogens is 1. The summed E-state index contributed by atoms with van der Waals surface area (Å²) in [6, 6.07) is 13.0. The maximum Gasteiger partial charge on any atom is 0.416 e. The number of amides is 2. The normalized spacial score (nSPS) is 18.4. The highest BCUT2D eigenvalue weighted by Gasteiger charge is 2.32. The van der Waals surface area contributed by atoms with E-state index in [9.17, 15) is 27.9 Å². The lowest BCUT2D eigenvalue weighted by Crippen LogP contribution is -2.47. The van der Waals surface area contributed by atoms with Crippen molar-refractivity contribution < 1.29 is 32.6 Å². The van der Waals surface area contributed by atoms with Crippen LogP contribution in [0.15, 0.2) is 67.0 Å². The molecule has 8 nitrogen and oxygen atoms in total. The molecule has 1 aliphatic heterocycles. The summed E-state index contributed by atoms with van der Waals surface area (Å²) in [7, 11) is 1.86. The van der Waals surface area contributed by atoms with Gasteiger partial charge in [-0.15, -0.1) is 0 Å². The molecule has 4 rings (SSSR count). The number of carbonyl (C=O) groups is 2. The molecular formula is C31H35F3N4O4. The average molecular weight is 585 g/mol. The van der Waals surface area contributed by atoms with Gasteiger partial charge in [-0.2, -0.15) is 13.2 Å². The molecule has 0 saturated heterocycles. The van der Waals surface area contributed by atoms with Gasteiger partial charge < -0.3 is 20.1 Å². The Labute approximate surface area is 243 Å². The number of nitrogens with one attached hydrogen (secondary N) is 1. The molecule has 2 N–H and O–H groups in total. The fourth-order valence-corrected chi connectivity index (χ4v) is 4.91. The van der Waals surface area contributed by atoms with E-state index in [-0.39, 0.29) is 36.9 Å². The van der Waals surface area contributed by atoms with Gasteiger partial charge in [0.05, 0.1) is 24.6 Å². The summed E-state index contributed by atoms with van der Waals surface area (Å²) >= 11 is 0. The Kier molecular flexibility index (Phi) is 9.85. The average Bonchev–Trinajstić information content (AvgIpc) is 3.00. The summed E-state index contributed by atoms with van der Waals surface area (Å²) in [6.07, 6.45) is -1.72. The molecule has 3 aromatic rings. The number of benzene rings is 2. The van der Waals surface area contributed by atoms with E-state index in [0.29, 0.717) is 42.2 Å². The van der Waals surface area contributed by atoms with Crippen molar-refractivity contribution in [2.24, 2.45) is 5.92 Å². The highest BCUT2D eigenvalue weighted by atomic mass is 19.4. The van der Waals surface area contributed by atoms with Gasteiger partial charge in [0.2, 0.25) is 5.91 Å². The van der Waals surface area contributed by atoms with E-state index < -0.39 is 17.8 Å². The predicted molar refractivity (Wildman–Crippen MR) is 152 cm³/mol. The predicted octanol–water partition coefficient (Wildman–Crippen LogP) is 4.63. The molecule has 2 aromatic carbocycles. The highest BCUT2D eigenvalue weighted by molar-refractivity contribution is 6.04. The van der Waals surface area contributed by atoms with E-state index in [2.05, 4.69) is 10.3 Å². The third kappa shape index (κ3) is 7.86. The molecule has 1 aliphatic rings. The molecule has 0 fully saturated rings. The third-order valence-corrected chi connectivity index (χ3v) is 7.34. The number of fused-ring (bicyclic) bond motifs is 1. The monoisotopic (exact) mass is 584 g/mol. The summed E-state index contributed by atoms with van der Waals surface area (Å²) < 4.78 is 45.4. The summed E-state index contributed by atoms with van der Waals surface area (Å²) in [4.78, 5) is 33.7. The minimum Gasteiger partial charge on any atom is -0.488 e. The number of anilines is 1. The van der Waals surface area contributed by atoms with Crippen LogP contribution in [0.25, 0.3) is 0 Å². The number of hydrogen-bond donors (Lipinski definition) is 2. The minimum atomic E-state index is -4.39. The number of aliphatic hydroxyl groups is 1. The third-order valence-electron chi connectivity index (χ3n) is 7.34. The Morgan fingerprint density at radius 1 is 1.17 bits per heavy atom. The molecule has 1 aromatic heterocycles. The van der Waals surface area contributed by atoms with Crippen LogP contribution in [0.1, 0.15) is 40.9 Å². The molecule has 0 unspecified atom stereocenters. The van der Waals surface area contributed by atoms with Gasteiger partial charge in [0, 0.05) is 54.8 Å². The number of aliphatic hydroxyl groups excluding tert-OH is 1. The number of alkyl halides is 3. The lowest BCUT2D eigenvalue weighted by molar-refractivity contribution is -0.137. The molecule has 0 bridgehead atoms. The Morgan fingerprint density at radius 2 is 1.86 bits per heavy atom. The van der Waals surface area contributed by atoms with E-state index in [1.807, 2.05) is 18.9 Å². The van der Waals surface area contributed by atoms with Crippen LogP contribution in [0.3, 0.4) is 0 Å². The standard InChI is InChI=1S/C31H35F3N4O4/c1-20-16-38(21(2)19-39)29(40)15-24-14-26(36-30(41)23-10-12-35-13-11-23)8-9-27(24)42-28(20)18-37(3)17-22-4-6-25(7-5-22)31(32,33)34/h4-14,20-21,28,39H,15-19H2,1-3H3,(H,36,41)/t20-,21+,28+/m1/s1. The van der Waals surface area contributed by atoms with Gasteiger partial charge in [0.15, 0.2) is 0 Å². The zero-order chi connectivity index (χ0) is 30.4.